The molecule has 0 radical (unpaired) electrons. The number of benzene rings is 2. The lowest BCUT2D eigenvalue weighted by Crippen LogP contribution is -2.34. The molecule has 0 bridgehead atoms. The van der Waals surface area contributed by atoms with Crippen LogP contribution in [0.4, 0.5) is 5.69 Å². The summed E-state index contributed by atoms with van der Waals surface area (Å²) < 4.78 is 44.9. The molecule has 1 spiro atoms. The number of nitrogens with one attached hydrogen (secondary N) is 1. The van der Waals surface area contributed by atoms with Gasteiger partial charge in [-0.3, -0.25) is 4.79 Å². The van der Waals surface area contributed by atoms with E-state index in [1.54, 1.807) is 24.3 Å². The van der Waals surface area contributed by atoms with Crippen LogP contribution in [0, 0.1) is 0 Å². The third-order valence-corrected chi connectivity index (χ3v) is 8.19. The van der Waals surface area contributed by atoms with Gasteiger partial charge in [0.2, 0.25) is 10.0 Å². The molecule has 1 saturated carbocycles. The van der Waals surface area contributed by atoms with Crippen LogP contribution >= 0.6 is 0 Å². The van der Waals surface area contributed by atoms with Crippen molar-refractivity contribution in [2.45, 2.75) is 49.2 Å². The Labute approximate surface area is 187 Å². The van der Waals surface area contributed by atoms with Gasteiger partial charge in [-0.2, -0.15) is 4.31 Å². The predicted molar refractivity (Wildman–Crippen MR) is 118 cm³/mol. The number of ether oxygens (including phenoxy) is 3. The normalized spacial score (nSPS) is 19.4. The molecule has 5 rings (SSSR count). The van der Waals surface area contributed by atoms with Crippen LogP contribution in [0.3, 0.4) is 0 Å². The van der Waals surface area contributed by atoms with E-state index < -0.39 is 21.7 Å². The average Bonchev–Trinajstić information content (AvgIpc) is 3.54. The van der Waals surface area contributed by atoms with Crippen LogP contribution in [0.2, 0.25) is 0 Å². The summed E-state index contributed by atoms with van der Waals surface area (Å²) in [6.07, 6.45) is 5.49. The van der Waals surface area contributed by atoms with Crippen molar-refractivity contribution in [2.24, 2.45) is 0 Å². The fraction of sp³-hybridized carbons (Fsp3) is 0.435. The molecule has 1 amide bonds. The maximum Gasteiger partial charge on any atom is 0.255 e. The Bertz CT molecular complexity index is 1150. The van der Waals surface area contributed by atoms with Crippen molar-refractivity contribution in [1.29, 1.82) is 0 Å². The number of anilines is 1. The molecule has 0 aromatic heterocycles. The summed E-state index contributed by atoms with van der Waals surface area (Å²) >= 11 is 0. The molecule has 1 aliphatic carbocycles. The molecule has 8 nitrogen and oxygen atoms in total. The van der Waals surface area contributed by atoms with E-state index in [9.17, 15) is 13.2 Å². The van der Waals surface area contributed by atoms with Gasteiger partial charge in [0, 0.05) is 43.2 Å². The minimum atomic E-state index is -3.74. The third kappa shape index (κ3) is 3.69. The summed E-state index contributed by atoms with van der Waals surface area (Å²) in [6.45, 7) is 0.946. The van der Waals surface area contributed by atoms with Crippen molar-refractivity contribution in [3.63, 3.8) is 0 Å². The van der Waals surface area contributed by atoms with E-state index in [0.717, 1.165) is 38.5 Å². The van der Waals surface area contributed by atoms with Crippen LogP contribution in [-0.2, 0) is 10.0 Å². The largest absolute Gasteiger partial charge is 0.495 e. The van der Waals surface area contributed by atoms with E-state index in [1.807, 2.05) is 0 Å². The first-order valence-corrected chi connectivity index (χ1v) is 12.4. The summed E-state index contributed by atoms with van der Waals surface area (Å²) in [5, 5.41) is 2.83. The lowest BCUT2D eigenvalue weighted by molar-refractivity contribution is -0.0716. The van der Waals surface area contributed by atoms with Gasteiger partial charge in [-0.05, 0) is 56.0 Å². The fourth-order valence-corrected chi connectivity index (χ4v) is 6.28. The number of methoxy groups -OCH3 is 1. The highest BCUT2D eigenvalue weighted by molar-refractivity contribution is 7.89. The second-order valence-corrected chi connectivity index (χ2v) is 10.3. The van der Waals surface area contributed by atoms with Crippen molar-refractivity contribution in [3.8, 4) is 17.2 Å². The number of carbonyl (C=O) groups excluding carboxylic acids is 1. The van der Waals surface area contributed by atoms with Crippen LogP contribution in [0.25, 0.3) is 0 Å². The number of nitrogens with zero attached hydrogens (tertiary/aromatic N) is 1. The van der Waals surface area contributed by atoms with Crippen molar-refractivity contribution >= 4 is 21.6 Å². The first-order valence-electron chi connectivity index (χ1n) is 10.9. The summed E-state index contributed by atoms with van der Waals surface area (Å²) in [7, 11) is -2.32. The highest BCUT2D eigenvalue weighted by atomic mass is 32.2. The second kappa shape index (κ2) is 7.97. The van der Waals surface area contributed by atoms with Gasteiger partial charge in [-0.1, -0.05) is 0 Å². The molecule has 2 aromatic carbocycles. The van der Waals surface area contributed by atoms with Crippen LogP contribution in [0.1, 0.15) is 48.9 Å². The molecule has 2 heterocycles. The molecule has 32 heavy (non-hydrogen) atoms. The molecule has 2 fully saturated rings. The fourth-order valence-electron chi connectivity index (χ4n) is 4.58. The predicted octanol–water partition coefficient (Wildman–Crippen LogP) is 3.77. The zero-order valence-corrected chi connectivity index (χ0v) is 18.7. The lowest BCUT2D eigenvalue weighted by atomic mass is 10.2. The Morgan fingerprint density at radius 3 is 2.44 bits per heavy atom. The monoisotopic (exact) mass is 458 g/mol. The Morgan fingerprint density at radius 2 is 1.72 bits per heavy atom. The second-order valence-electron chi connectivity index (χ2n) is 8.41. The van der Waals surface area contributed by atoms with E-state index in [4.69, 9.17) is 14.2 Å². The summed E-state index contributed by atoms with van der Waals surface area (Å²) in [4.78, 5) is 12.9. The van der Waals surface area contributed by atoms with Crippen molar-refractivity contribution in [1.82, 2.24) is 4.31 Å². The van der Waals surface area contributed by atoms with Gasteiger partial charge < -0.3 is 19.5 Å². The van der Waals surface area contributed by atoms with E-state index in [-0.39, 0.29) is 16.2 Å². The number of amides is 1. The van der Waals surface area contributed by atoms with Crippen molar-refractivity contribution < 1.29 is 27.4 Å². The van der Waals surface area contributed by atoms with E-state index >= 15 is 0 Å². The first-order chi connectivity index (χ1) is 15.4. The minimum absolute atomic E-state index is 0.00316. The Kier molecular flexibility index (Phi) is 5.25. The summed E-state index contributed by atoms with van der Waals surface area (Å²) in [5.41, 5.74) is 0.778. The Morgan fingerprint density at radius 1 is 1.00 bits per heavy atom. The van der Waals surface area contributed by atoms with Gasteiger partial charge in [-0.25, -0.2) is 8.42 Å². The number of hydrogen-bond donors (Lipinski definition) is 1. The molecule has 170 valence electrons. The molecular formula is C23H26N2O6S. The molecular weight excluding hydrogens is 432 g/mol. The number of rotatable bonds is 5. The van der Waals surface area contributed by atoms with Gasteiger partial charge in [0.25, 0.3) is 11.7 Å². The van der Waals surface area contributed by atoms with Gasteiger partial charge >= 0.3 is 0 Å². The number of hydrogen-bond acceptors (Lipinski definition) is 6. The maximum absolute atomic E-state index is 13.1. The van der Waals surface area contributed by atoms with Crippen LogP contribution in [0.5, 0.6) is 17.2 Å². The van der Waals surface area contributed by atoms with Crippen molar-refractivity contribution in [2.75, 3.05) is 25.5 Å². The van der Waals surface area contributed by atoms with E-state index in [0.29, 0.717) is 30.3 Å². The quantitative estimate of drug-likeness (QED) is 0.733. The summed E-state index contributed by atoms with van der Waals surface area (Å²) in [6, 6.07) is 9.72. The SMILES string of the molecule is COc1ccc(C(=O)Nc2ccc3c(c2)OC2(CCCC2)O3)cc1S(=O)(=O)N1CCCC1. The molecule has 3 aliphatic rings. The van der Waals surface area contributed by atoms with Gasteiger partial charge in [-0.15, -0.1) is 0 Å². The summed E-state index contributed by atoms with van der Waals surface area (Å²) in [5.74, 6) is 0.517. The first kappa shape index (κ1) is 21.1. The zero-order valence-electron chi connectivity index (χ0n) is 17.9. The van der Waals surface area contributed by atoms with Crippen molar-refractivity contribution in [3.05, 3.63) is 42.0 Å². The van der Waals surface area contributed by atoms with E-state index in [1.165, 1.54) is 23.5 Å². The Hall–Kier alpha value is -2.78. The zero-order chi connectivity index (χ0) is 22.3. The van der Waals surface area contributed by atoms with Gasteiger partial charge in [0.1, 0.15) is 10.6 Å². The smallest absolute Gasteiger partial charge is 0.255 e. The lowest BCUT2D eigenvalue weighted by Gasteiger charge is -2.21. The van der Waals surface area contributed by atoms with Crippen LogP contribution in [0.15, 0.2) is 41.3 Å². The highest BCUT2D eigenvalue weighted by Crippen LogP contribution is 2.47. The molecule has 9 heteroatoms. The molecule has 0 atom stereocenters. The highest BCUT2D eigenvalue weighted by Gasteiger charge is 2.44. The number of fused-ring (bicyclic) bond motifs is 1. The molecule has 1 N–H and O–H groups in total. The standard InChI is InChI=1S/C23H26N2O6S/c1-29-19-8-6-16(14-21(19)32(27,28)25-12-4-5-13-25)22(26)24-17-7-9-18-20(15-17)31-23(30-18)10-2-3-11-23/h6-9,14-15H,2-5,10-13H2,1H3,(H,24,26). The molecule has 0 unspecified atom stereocenters. The van der Waals surface area contributed by atoms with Gasteiger partial charge in [0.15, 0.2) is 11.5 Å². The molecule has 2 aliphatic heterocycles. The van der Waals surface area contributed by atoms with Gasteiger partial charge in [0.05, 0.1) is 7.11 Å². The van der Waals surface area contributed by atoms with Crippen LogP contribution in [-0.4, -0.2) is 44.6 Å². The topological polar surface area (TPSA) is 94.2 Å². The van der Waals surface area contributed by atoms with E-state index in [2.05, 4.69) is 5.32 Å². The molecule has 1 saturated heterocycles. The van der Waals surface area contributed by atoms with Crippen LogP contribution < -0.4 is 19.5 Å². The number of sulfonamides is 1. The maximum atomic E-state index is 13.1. The number of carbonyl (C=O) groups is 1. The molecule has 2 aromatic rings. The third-order valence-electron chi connectivity index (χ3n) is 6.27. The Balaban J connectivity index is 1.38. The minimum Gasteiger partial charge on any atom is -0.495 e. The average molecular weight is 459 g/mol.